The van der Waals surface area contributed by atoms with Gasteiger partial charge >= 0.3 is 0 Å². The quantitative estimate of drug-likeness (QED) is 0.138. The van der Waals surface area contributed by atoms with Crippen LogP contribution in [0.15, 0.2) is 66.4 Å². The molecule has 60 heavy (non-hydrogen) atoms. The van der Waals surface area contributed by atoms with Gasteiger partial charge in [0.2, 0.25) is 17.7 Å². The molecule has 8 rings (SSSR count). The molecule has 2 fully saturated rings. The topological polar surface area (TPSA) is 250 Å². The number of aryl methyl sites for hydroxylation is 3. The maximum Gasteiger partial charge on any atom is 0.232 e. The molecule has 2 aliphatic rings. The molecule has 22 heteroatoms. The first-order chi connectivity index (χ1) is 29.2. The minimum atomic E-state index is 0.110. The van der Waals surface area contributed by atoms with Crippen molar-refractivity contribution in [1.29, 1.82) is 5.26 Å². The van der Waals surface area contributed by atoms with E-state index in [-0.39, 0.29) is 11.8 Å². The van der Waals surface area contributed by atoms with Gasteiger partial charge in [0.25, 0.3) is 0 Å². The van der Waals surface area contributed by atoms with Crippen molar-refractivity contribution in [3.8, 4) is 28.3 Å². The first kappa shape index (κ1) is 43.3. The maximum absolute atomic E-state index is 8.83. The van der Waals surface area contributed by atoms with E-state index in [0.717, 1.165) is 117 Å². The van der Waals surface area contributed by atoms with E-state index in [9.17, 15) is 0 Å². The van der Waals surface area contributed by atoms with Crippen molar-refractivity contribution in [3.63, 3.8) is 0 Å². The molecule has 0 amide bonds. The molecule has 0 unspecified atom stereocenters. The van der Waals surface area contributed by atoms with Crippen LogP contribution in [0.25, 0.3) is 22.3 Å². The summed E-state index contributed by atoms with van der Waals surface area (Å²) in [4.78, 5) is 37.9. The Kier molecular flexibility index (Phi) is 16.0. The molecule has 8 heterocycles. The Bertz CT molecular complexity index is 2250. The Morgan fingerprint density at radius 2 is 1.22 bits per heavy atom. The summed E-state index contributed by atoms with van der Waals surface area (Å²) in [7, 11) is 3.75. The molecule has 0 spiro atoms. The maximum atomic E-state index is 8.83. The first-order valence-corrected chi connectivity index (χ1v) is 20.0. The van der Waals surface area contributed by atoms with E-state index in [1.54, 1.807) is 46.5 Å². The summed E-state index contributed by atoms with van der Waals surface area (Å²) in [6.45, 7) is 12.2. The predicted molar refractivity (Wildman–Crippen MR) is 229 cm³/mol. The number of nitrogen functional groups attached to an aromatic ring is 1. The standard InChI is InChI=1S/C19H22N10O.C14H21N7O.C5H5BrN2/c1-28-13-14(9-25-28)16-12-24-19(26-15-10-22-17(8-20)23-11-15)27-18(16)21-2-3-29-4-6-30-7-5-29;1-20-10-11(8-18-20)12-9-17-14(15)19-13(12)16-2-3-21-4-6-22-7-5-21;1-4-7-2-5(6)3-8-4/h9-13H,2-7H2,1H3,(H2,21,24,26,27);8-10H,2-7H2,1H3,(H3,15,16,17,19);2-3H,1H3. The molecule has 2 saturated heterocycles. The van der Waals surface area contributed by atoms with Gasteiger partial charge in [0.1, 0.15) is 23.5 Å². The number of hydrogen-bond donors (Lipinski definition) is 4. The molecule has 6 aromatic rings. The number of hydrogen-bond acceptors (Lipinski definition) is 19. The monoisotopic (exact) mass is 881 g/mol. The molecule has 21 nitrogen and oxygen atoms in total. The Balaban J connectivity index is 0.000000175. The SMILES string of the molecule is Cc1ncc(Br)cn1.Cn1cc(-c2cnc(N)nc2NCCN2CCOCC2)cn1.Cn1cc(-c2cnc(Nc3cnc(C#N)nc3)nc2NCCN2CCOCC2)cn1. The molecule has 314 valence electrons. The minimum absolute atomic E-state index is 0.110. The summed E-state index contributed by atoms with van der Waals surface area (Å²) in [5.74, 6) is 3.04. The number of nitrogens with two attached hydrogens (primary N) is 1. The normalized spacial score (nSPS) is 14.2. The summed E-state index contributed by atoms with van der Waals surface area (Å²) in [5.41, 5.74) is 9.99. The van der Waals surface area contributed by atoms with E-state index in [0.29, 0.717) is 17.5 Å². The number of morpholine rings is 2. The second kappa shape index (κ2) is 22.2. The van der Waals surface area contributed by atoms with Crippen LogP contribution in [0.4, 0.5) is 29.2 Å². The molecular weight excluding hydrogens is 834 g/mol. The van der Waals surface area contributed by atoms with E-state index >= 15 is 0 Å². The van der Waals surface area contributed by atoms with Crippen molar-refractivity contribution in [3.05, 3.63) is 78.1 Å². The number of nitrogens with zero attached hydrogens (tertiary/aromatic N) is 15. The van der Waals surface area contributed by atoms with Crippen molar-refractivity contribution in [2.75, 3.05) is 100 Å². The van der Waals surface area contributed by atoms with Crippen LogP contribution in [0.1, 0.15) is 11.6 Å². The van der Waals surface area contributed by atoms with Crippen LogP contribution in [-0.2, 0) is 23.6 Å². The minimum Gasteiger partial charge on any atom is -0.379 e. The lowest BCUT2D eigenvalue weighted by atomic mass is 10.2. The number of anilines is 5. The molecular formula is C38H48BrN19O2. The number of ether oxygens (including phenoxy) is 2. The second-order valence-electron chi connectivity index (χ2n) is 13.5. The third-order valence-corrected chi connectivity index (χ3v) is 9.44. The third-order valence-electron chi connectivity index (χ3n) is 9.03. The number of nitriles is 1. The predicted octanol–water partition coefficient (Wildman–Crippen LogP) is 2.78. The number of rotatable bonds is 12. The zero-order valence-corrected chi connectivity index (χ0v) is 35.3. The Labute approximate surface area is 356 Å². The first-order valence-electron chi connectivity index (χ1n) is 19.2. The van der Waals surface area contributed by atoms with E-state index < -0.39 is 0 Å². The molecule has 0 radical (unpaired) electrons. The van der Waals surface area contributed by atoms with Crippen molar-refractivity contribution >= 4 is 45.1 Å². The van der Waals surface area contributed by atoms with Gasteiger partial charge in [-0.3, -0.25) is 19.2 Å². The van der Waals surface area contributed by atoms with Crippen LogP contribution in [0.3, 0.4) is 0 Å². The molecule has 5 N–H and O–H groups in total. The fourth-order valence-corrected chi connectivity index (χ4v) is 6.13. The molecule has 0 aliphatic carbocycles. The van der Waals surface area contributed by atoms with Gasteiger partial charge in [-0.05, 0) is 22.9 Å². The lowest BCUT2D eigenvalue weighted by molar-refractivity contribution is 0.0398. The smallest absolute Gasteiger partial charge is 0.232 e. The molecule has 0 saturated carbocycles. The molecule has 0 bridgehead atoms. The van der Waals surface area contributed by atoms with Gasteiger partial charge < -0.3 is 31.2 Å². The van der Waals surface area contributed by atoms with Crippen molar-refractivity contribution in [1.82, 2.24) is 69.2 Å². The second-order valence-corrected chi connectivity index (χ2v) is 14.4. The van der Waals surface area contributed by atoms with Crippen LogP contribution >= 0.6 is 15.9 Å². The number of nitrogens with one attached hydrogen (secondary N) is 3. The van der Waals surface area contributed by atoms with Crippen LogP contribution < -0.4 is 21.7 Å². The van der Waals surface area contributed by atoms with Gasteiger partial charge in [0.05, 0.1) is 61.4 Å². The Hall–Kier alpha value is -6.25. The molecule has 6 aromatic heterocycles. The highest BCUT2D eigenvalue weighted by Gasteiger charge is 2.15. The van der Waals surface area contributed by atoms with E-state index in [1.165, 1.54) is 12.4 Å². The van der Waals surface area contributed by atoms with E-state index in [1.807, 2.05) is 39.5 Å². The summed E-state index contributed by atoms with van der Waals surface area (Å²) >= 11 is 3.22. The van der Waals surface area contributed by atoms with Gasteiger partial charge in [-0.1, -0.05) is 0 Å². The van der Waals surface area contributed by atoms with E-state index in [4.69, 9.17) is 20.5 Å². The average Bonchev–Trinajstić information content (AvgIpc) is 3.91. The van der Waals surface area contributed by atoms with Gasteiger partial charge in [0, 0.05) is 126 Å². The van der Waals surface area contributed by atoms with Gasteiger partial charge in [-0.25, -0.2) is 29.9 Å². The summed E-state index contributed by atoms with van der Waals surface area (Å²) in [6.07, 6.45) is 17.4. The number of halogens is 1. The summed E-state index contributed by atoms with van der Waals surface area (Å²) in [6, 6.07) is 1.89. The van der Waals surface area contributed by atoms with Crippen molar-refractivity contribution in [2.24, 2.45) is 14.1 Å². The summed E-state index contributed by atoms with van der Waals surface area (Å²) < 4.78 is 15.2. The lowest BCUT2D eigenvalue weighted by Gasteiger charge is -2.26. The van der Waals surface area contributed by atoms with Crippen LogP contribution in [0, 0.1) is 18.3 Å². The van der Waals surface area contributed by atoms with Gasteiger partial charge in [-0.15, -0.1) is 0 Å². The Morgan fingerprint density at radius 1 is 0.700 bits per heavy atom. The zero-order valence-electron chi connectivity index (χ0n) is 33.7. The highest BCUT2D eigenvalue weighted by atomic mass is 79.9. The molecule has 2 aliphatic heterocycles. The lowest BCUT2D eigenvalue weighted by Crippen LogP contribution is -2.39. The molecule has 0 atom stereocenters. The van der Waals surface area contributed by atoms with Crippen LogP contribution in [-0.4, -0.2) is 148 Å². The molecule has 0 aromatic carbocycles. The number of aromatic nitrogens is 12. The van der Waals surface area contributed by atoms with Crippen LogP contribution in [0.5, 0.6) is 0 Å². The van der Waals surface area contributed by atoms with Gasteiger partial charge in [0.15, 0.2) is 0 Å². The zero-order chi connectivity index (χ0) is 42.1. The summed E-state index contributed by atoms with van der Waals surface area (Å²) in [5, 5.41) is 27.1. The third kappa shape index (κ3) is 13.4. The fraction of sp³-hybridized carbons (Fsp3) is 0.395. The largest absolute Gasteiger partial charge is 0.379 e. The van der Waals surface area contributed by atoms with Crippen LogP contribution in [0.2, 0.25) is 0 Å². The van der Waals surface area contributed by atoms with E-state index in [2.05, 4.69) is 91.7 Å². The van der Waals surface area contributed by atoms with Crippen molar-refractivity contribution in [2.45, 2.75) is 6.92 Å². The fourth-order valence-electron chi connectivity index (χ4n) is 5.92. The van der Waals surface area contributed by atoms with Crippen molar-refractivity contribution < 1.29 is 9.47 Å². The highest BCUT2D eigenvalue weighted by molar-refractivity contribution is 9.10. The average molecular weight is 883 g/mol. The highest BCUT2D eigenvalue weighted by Crippen LogP contribution is 2.27. The van der Waals surface area contributed by atoms with Gasteiger partial charge in [-0.2, -0.15) is 25.4 Å². The Morgan fingerprint density at radius 3 is 1.70 bits per heavy atom.